The number of nitrogens with one attached hydrogen (secondary N) is 2. The van der Waals surface area contributed by atoms with Gasteiger partial charge in [0.25, 0.3) is 11.8 Å². The first kappa shape index (κ1) is 25.8. The Labute approximate surface area is 207 Å². The Morgan fingerprint density at radius 2 is 1.59 bits per heavy atom. The van der Waals surface area contributed by atoms with Crippen molar-refractivity contribution in [2.45, 2.75) is 6.18 Å². The van der Waals surface area contributed by atoms with Crippen LogP contribution >= 0.6 is 0 Å². The second kappa shape index (κ2) is 10.4. The SMILES string of the molecule is O=C(NCC(=O)N1CCN(C(=O)c2cc(F)ccc2C(F)(F)F)CC1)c1cc(-c2cccc(F)c2)[nH]n1. The van der Waals surface area contributed by atoms with Crippen molar-refractivity contribution in [1.82, 2.24) is 25.3 Å². The van der Waals surface area contributed by atoms with Crippen LogP contribution in [0, 0.1) is 11.6 Å². The molecule has 8 nitrogen and oxygen atoms in total. The number of hydrogen-bond acceptors (Lipinski definition) is 4. The molecule has 3 amide bonds. The Kier molecular flexibility index (Phi) is 7.23. The topological polar surface area (TPSA) is 98.4 Å². The van der Waals surface area contributed by atoms with Gasteiger partial charge in [0.2, 0.25) is 5.91 Å². The van der Waals surface area contributed by atoms with Gasteiger partial charge in [-0.1, -0.05) is 12.1 Å². The van der Waals surface area contributed by atoms with E-state index in [1.54, 1.807) is 6.07 Å². The summed E-state index contributed by atoms with van der Waals surface area (Å²) in [6.07, 6.45) is -4.83. The number of halogens is 5. The quantitative estimate of drug-likeness (QED) is 0.505. The highest BCUT2D eigenvalue weighted by Crippen LogP contribution is 2.33. The van der Waals surface area contributed by atoms with E-state index in [2.05, 4.69) is 15.5 Å². The van der Waals surface area contributed by atoms with Crippen molar-refractivity contribution < 1.29 is 36.3 Å². The molecule has 0 aliphatic carbocycles. The van der Waals surface area contributed by atoms with Crippen LogP contribution in [0.3, 0.4) is 0 Å². The van der Waals surface area contributed by atoms with Crippen LogP contribution in [0.15, 0.2) is 48.5 Å². The number of aromatic nitrogens is 2. The second-order valence-electron chi connectivity index (χ2n) is 8.22. The zero-order valence-electron chi connectivity index (χ0n) is 19.1. The Morgan fingerprint density at radius 3 is 2.27 bits per heavy atom. The molecule has 0 radical (unpaired) electrons. The van der Waals surface area contributed by atoms with Crippen LogP contribution in [0.2, 0.25) is 0 Å². The van der Waals surface area contributed by atoms with Crippen LogP contribution in [-0.2, 0) is 11.0 Å². The number of benzene rings is 2. The van der Waals surface area contributed by atoms with E-state index in [9.17, 15) is 36.3 Å². The van der Waals surface area contributed by atoms with Crippen LogP contribution < -0.4 is 5.32 Å². The summed E-state index contributed by atoms with van der Waals surface area (Å²) in [6, 6.07) is 8.78. The molecule has 0 bridgehead atoms. The van der Waals surface area contributed by atoms with E-state index in [4.69, 9.17) is 0 Å². The van der Waals surface area contributed by atoms with E-state index in [-0.39, 0.29) is 38.4 Å². The molecule has 1 saturated heterocycles. The van der Waals surface area contributed by atoms with Gasteiger partial charge >= 0.3 is 6.18 Å². The molecule has 194 valence electrons. The molecular formula is C24H20F5N5O3. The van der Waals surface area contributed by atoms with Crippen LogP contribution in [0.4, 0.5) is 22.0 Å². The highest BCUT2D eigenvalue weighted by Gasteiger charge is 2.37. The fraction of sp³-hybridized carbons (Fsp3) is 0.250. The lowest BCUT2D eigenvalue weighted by Crippen LogP contribution is -2.52. The van der Waals surface area contributed by atoms with Crippen molar-refractivity contribution in [3.8, 4) is 11.3 Å². The lowest BCUT2D eigenvalue weighted by Gasteiger charge is -2.35. The minimum absolute atomic E-state index is 0.0157. The van der Waals surface area contributed by atoms with Crippen molar-refractivity contribution >= 4 is 17.7 Å². The summed E-state index contributed by atoms with van der Waals surface area (Å²) in [6.45, 7) is -0.477. The van der Waals surface area contributed by atoms with Crippen molar-refractivity contribution in [2.24, 2.45) is 0 Å². The van der Waals surface area contributed by atoms with E-state index in [0.717, 1.165) is 4.90 Å². The minimum Gasteiger partial charge on any atom is -0.342 e. The van der Waals surface area contributed by atoms with Crippen LogP contribution in [-0.4, -0.2) is 70.4 Å². The molecule has 1 fully saturated rings. The van der Waals surface area contributed by atoms with Gasteiger partial charge in [0, 0.05) is 31.7 Å². The summed E-state index contributed by atoms with van der Waals surface area (Å²) in [4.78, 5) is 40.0. The smallest absolute Gasteiger partial charge is 0.342 e. The number of hydrogen-bond donors (Lipinski definition) is 2. The van der Waals surface area contributed by atoms with E-state index >= 15 is 0 Å². The van der Waals surface area contributed by atoms with Gasteiger partial charge in [-0.2, -0.15) is 18.3 Å². The first-order chi connectivity index (χ1) is 17.5. The predicted molar refractivity (Wildman–Crippen MR) is 120 cm³/mol. The average Bonchev–Trinajstić information content (AvgIpc) is 3.36. The summed E-state index contributed by atoms with van der Waals surface area (Å²) in [5, 5.41) is 8.92. The molecule has 1 aliphatic heterocycles. The zero-order chi connectivity index (χ0) is 26.7. The van der Waals surface area contributed by atoms with Gasteiger partial charge in [-0.05, 0) is 36.4 Å². The highest BCUT2D eigenvalue weighted by molar-refractivity contribution is 5.97. The molecule has 0 saturated carbocycles. The van der Waals surface area contributed by atoms with Crippen molar-refractivity contribution in [2.75, 3.05) is 32.7 Å². The Bertz CT molecular complexity index is 1330. The molecule has 2 aromatic carbocycles. The van der Waals surface area contributed by atoms with Gasteiger partial charge in [0.15, 0.2) is 5.69 Å². The third-order valence-corrected chi connectivity index (χ3v) is 5.78. The number of aromatic amines is 1. The largest absolute Gasteiger partial charge is 0.417 e. The number of carbonyl (C=O) groups excluding carboxylic acids is 3. The zero-order valence-corrected chi connectivity index (χ0v) is 19.1. The average molecular weight is 521 g/mol. The molecule has 0 atom stereocenters. The van der Waals surface area contributed by atoms with Gasteiger partial charge < -0.3 is 15.1 Å². The van der Waals surface area contributed by atoms with Gasteiger partial charge in [-0.15, -0.1) is 0 Å². The van der Waals surface area contributed by atoms with Gasteiger partial charge in [0.1, 0.15) is 11.6 Å². The highest BCUT2D eigenvalue weighted by atomic mass is 19.4. The van der Waals surface area contributed by atoms with E-state index in [1.165, 1.54) is 29.2 Å². The molecule has 1 aromatic heterocycles. The number of piperazine rings is 1. The molecule has 37 heavy (non-hydrogen) atoms. The van der Waals surface area contributed by atoms with Crippen LogP contribution in [0.5, 0.6) is 0 Å². The summed E-state index contributed by atoms with van der Waals surface area (Å²) < 4.78 is 66.7. The number of nitrogens with zero attached hydrogens (tertiary/aromatic N) is 3. The third-order valence-electron chi connectivity index (χ3n) is 5.78. The fourth-order valence-corrected chi connectivity index (χ4v) is 3.87. The third kappa shape index (κ3) is 5.93. The molecular weight excluding hydrogens is 501 g/mol. The normalized spacial score (nSPS) is 14.0. The molecule has 2 heterocycles. The van der Waals surface area contributed by atoms with Crippen LogP contribution in [0.25, 0.3) is 11.3 Å². The Hall–Kier alpha value is -4.29. The Morgan fingerprint density at radius 1 is 0.919 bits per heavy atom. The monoisotopic (exact) mass is 521 g/mol. The lowest BCUT2D eigenvalue weighted by molar-refractivity contribution is -0.138. The maximum Gasteiger partial charge on any atom is 0.417 e. The molecule has 2 N–H and O–H groups in total. The van der Waals surface area contributed by atoms with Gasteiger partial charge in [0.05, 0.1) is 23.4 Å². The number of rotatable bonds is 5. The van der Waals surface area contributed by atoms with Crippen LogP contribution in [0.1, 0.15) is 26.4 Å². The number of amides is 3. The maximum absolute atomic E-state index is 13.6. The van der Waals surface area contributed by atoms with Gasteiger partial charge in [-0.3, -0.25) is 19.5 Å². The molecule has 4 rings (SSSR count). The lowest BCUT2D eigenvalue weighted by atomic mass is 10.0. The molecule has 0 unspecified atom stereocenters. The van der Waals surface area contributed by atoms with Crippen molar-refractivity contribution in [3.63, 3.8) is 0 Å². The van der Waals surface area contributed by atoms with E-state index in [0.29, 0.717) is 29.5 Å². The summed E-state index contributed by atoms with van der Waals surface area (Å²) in [5.74, 6) is -3.53. The molecule has 0 spiro atoms. The first-order valence-electron chi connectivity index (χ1n) is 11.1. The number of H-pyrrole nitrogens is 1. The minimum atomic E-state index is -4.83. The fourth-order valence-electron chi connectivity index (χ4n) is 3.87. The van der Waals surface area contributed by atoms with Gasteiger partial charge in [-0.25, -0.2) is 8.78 Å². The van der Waals surface area contributed by atoms with E-state index < -0.39 is 46.7 Å². The Balaban J connectivity index is 1.31. The second-order valence-corrected chi connectivity index (χ2v) is 8.22. The maximum atomic E-state index is 13.6. The summed E-state index contributed by atoms with van der Waals surface area (Å²) in [7, 11) is 0. The number of carbonyl (C=O) groups is 3. The van der Waals surface area contributed by atoms with E-state index in [1.807, 2.05) is 0 Å². The van der Waals surface area contributed by atoms with Crippen molar-refractivity contribution in [3.05, 3.63) is 77.0 Å². The first-order valence-corrected chi connectivity index (χ1v) is 11.1. The summed E-state index contributed by atoms with van der Waals surface area (Å²) in [5.41, 5.74) is -1.16. The number of alkyl halides is 3. The standard InChI is InChI=1S/C24H20F5N5O3/c25-15-3-1-2-14(10-15)19-12-20(32-31-19)22(36)30-13-21(35)33-6-8-34(9-7-33)23(37)17-11-16(26)4-5-18(17)24(27,28)29/h1-5,10-12H,6-9,13H2,(H,30,36)(H,31,32). The predicted octanol–water partition coefficient (Wildman–Crippen LogP) is 3.09. The van der Waals surface area contributed by atoms with Crippen molar-refractivity contribution in [1.29, 1.82) is 0 Å². The molecule has 3 aromatic rings. The molecule has 1 aliphatic rings. The molecule has 13 heteroatoms. The summed E-state index contributed by atoms with van der Waals surface area (Å²) >= 11 is 0.